The van der Waals surface area contributed by atoms with Crippen LogP contribution in [-0.4, -0.2) is 40.8 Å². The molecule has 1 aromatic carbocycles. The van der Waals surface area contributed by atoms with E-state index in [-0.39, 0.29) is 9.79 Å². The highest BCUT2D eigenvalue weighted by molar-refractivity contribution is 7.89. The number of benzene rings is 1. The van der Waals surface area contributed by atoms with Crippen molar-refractivity contribution in [1.29, 1.82) is 0 Å². The molecule has 0 spiro atoms. The fourth-order valence-electron chi connectivity index (χ4n) is 2.17. The Bertz CT molecular complexity index is 679. The third-order valence-corrected chi connectivity index (χ3v) is 7.09. The first-order valence-electron chi connectivity index (χ1n) is 7.89. The van der Waals surface area contributed by atoms with Crippen LogP contribution in [0.1, 0.15) is 40.0 Å². The van der Waals surface area contributed by atoms with Gasteiger partial charge in [-0.3, -0.25) is 0 Å². The third kappa shape index (κ3) is 5.27. The van der Waals surface area contributed by atoms with Crippen LogP contribution in [0.5, 0.6) is 0 Å². The predicted molar refractivity (Wildman–Crippen MR) is 91.3 cm³/mol. The molecule has 0 saturated carbocycles. The summed E-state index contributed by atoms with van der Waals surface area (Å²) < 4.78 is 52.8. The van der Waals surface area contributed by atoms with Gasteiger partial charge in [-0.15, -0.1) is 0 Å². The standard InChI is InChI=1S/C15H26N2O4S2/c1-4-7-8-13-16-22(18,19)14-9-11-15(12-10-14)23(20,21)17(5-2)6-3/h9-12,16H,4-8,13H2,1-3H3. The summed E-state index contributed by atoms with van der Waals surface area (Å²) in [6.45, 7) is 6.70. The van der Waals surface area contributed by atoms with Gasteiger partial charge in [0.2, 0.25) is 20.0 Å². The van der Waals surface area contributed by atoms with Gasteiger partial charge in [0.05, 0.1) is 9.79 Å². The molecule has 0 unspecified atom stereocenters. The second kappa shape index (κ2) is 8.77. The minimum atomic E-state index is -3.59. The molecule has 0 aliphatic carbocycles. The molecule has 0 radical (unpaired) electrons. The Morgan fingerprint density at radius 1 is 0.870 bits per heavy atom. The van der Waals surface area contributed by atoms with Crippen molar-refractivity contribution in [1.82, 2.24) is 9.03 Å². The molecule has 0 bridgehead atoms. The summed E-state index contributed by atoms with van der Waals surface area (Å²) in [5.41, 5.74) is 0. The van der Waals surface area contributed by atoms with Crippen LogP contribution in [0.2, 0.25) is 0 Å². The van der Waals surface area contributed by atoms with E-state index in [1.807, 2.05) is 6.92 Å². The van der Waals surface area contributed by atoms with Crippen molar-refractivity contribution in [2.75, 3.05) is 19.6 Å². The van der Waals surface area contributed by atoms with E-state index in [1.165, 1.54) is 28.6 Å². The zero-order chi connectivity index (χ0) is 17.5. The minimum Gasteiger partial charge on any atom is -0.211 e. The molecular formula is C15H26N2O4S2. The lowest BCUT2D eigenvalue weighted by Gasteiger charge is -2.18. The fourth-order valence-corrected chi connectivity index (χ4v) is 4.70. The maximum absolute atomic E-state index is 12.4. The Morgan fingerprint density at radius 3 is 1.87 bits per heavy atom. The van der Waals surface area contributed by atoms with Gasteiger partial charge in [-0.2, -0.15) is 4.31 Å². The molecule has 1 aromatic rings. The van der Waals surface area contributed by atoms with Crippen LogP contribution in [0.4, 0.5) is 0 Å². The number of hydrogen-bond acceptors (Lipinski definition) is 4. The zero-order valence-corrected chi connectivity index (χ0v) is 15.6. The molecule has 0 aromatic heterocycles. The lowest BCUT2D eigenvalue weighted by molar-refractivity contribution is 0.445. The van der Waals surface area contributed by atoms with E-state index in [0.717, 1.165) is 19.3 Å². The highest BCUT2D eigenvalue weighted by atomic mass is 32.2. The number of sulfonamides is 2. The van der Waals surface area contributed by atoms with Gasteiger partial charge in [0, 0.05) is 19.6 Å². The van der Waals surface area contributed by atoms with Crippen molar-refractivity contribution in [3.63, 3.8) is 0 Å². The van der Waals surface area contributed by atoms with Crippen LogP contribution < -0.4 is 4.72 Å². The molecular weight excluding hydrogens is 336 g/mol. The minimum absolute atomic E-state index is 0.0764. The van der Waals surface area contributed by atoms with Crippen LogP contribution in [0, 0.1) is 0 Å². The topological polar surface area (TPSA) is 83.5 Å². The molecule has 1 rings (SSSR count). The summed E-state index contributed by atoms with van der Waals surface area (Å²) in [6, 6.07) is 5.35. The molecule has 8 heteroatoms. The van der Waals surface area contributed by atoms with Gasteiger partial charge in [-0.05, 0) is 30.7 Å². The maximum Gasteiger partial charge on any atom is 0.243 e. The Hall–Kier alpha value is -0.960. The summed E-state index contributed by atoms with van der Waals surface area (Å²) in [4.78, 5) is 0.179. The number of unbranched alkanes of at least 4 members (excludes halogenated alkanes) is 2. The first-order chi connectivity index (χ1) is 10.8. The van der Waals surface area contributed by atoms with Gasteiger partial charge < -0.3 is 0 Å². The summed E-state index contributed by atoms with van der Waals surface area (Å²) in [5, 5.41) is 0. The normalized spacial score (nSPS) is 12.7. The van der Waals surface area contributed by atoms with Crippen LogP contribution >= 0.6 is 0 Å². The van der Waals surface area contributed by atoms with Crippen molar-refractivity contribution < 1.29 is 16.8 Å². The first-order valence-corrected chi connectivity index (χ1v) is 10.8. The Kier molecular flexibility index (Phi) is 7.66. The molecule has 23 heavy (non-hydrogen) atoms. The van der Waals surface area contributed by atoms with E-state index in [2.05, 4.69) is 4.72 Å². The highest BCUT2D eigenvalue weighted by Crippen LogP contribution is 2.18. The van der Waals surface area contributed by atoms with Crippen molar-refractivity contribution >= 4 is 20.0 Å². The van der Waals surface area contributed by atoms with Gasteiger partial charge in [0.25, 0.3) is 0 Å². The molecule has 1 N–H and O–H groups in total. The maximum atomic E-state index is 12.4. The van der Waals surface area contributed by atoms with Crippen molar-refractivity contribution in [3.05, 3.63) is 24.3 Å². The van der Waals surface area contributed by atoms with E-state index in [9.17, 15) is 16.8 Å². The summed E-state index contributed by atoms with van der Waals surface area (Å²) in [5.74, 6) is 0. The summed E-state index contributed by atoms with van der Waals surface area (Å²) >= 11 is 0. The van der Waals surface area contributed by atoms with Crippen molar-refractivity contribution in [3.8, 4) is 0 Å². The number of rotatable bonds is 10. The first kappa shape index (κ1) is 20.1. The van der Waals surface area contributed by atoms with Crippen LogP contribution in [0.3, 0.4) is 0 Å². The Labute approximate surface area is 140 Å². The lowest BCUT2D eigenvalue weighted by Crippen LogP contribution is -2.30. The van der Waals surface area contributed by atoms with Crippen LogP contribution in [-0.2, 0) is 20.0 Å². The third-order valence-electron chi connectivity index (χ3n) is 3.55. The van der Waals surface area contributed by atoms with Gasteiger partial charge in [-0.1, -0.05) is 33.6 Å². The van der Waals surface area contributed by atoms with Crippen LogP contribution in [0.15, 0.2) is 34.1 Å². The van der Waals surface area contributed by atoms with Gasteiger partial charge in [0.15, 0.2) is 0 Å². The second-order valence-electron chi connectivity index (χ2n) is 5.17. The SMILES string of the molecule is CCCCCNS(=O)(=O)c1ccc(S(=O)(=O)N(CC)CC)cc1. The van der Waals surface area contributed by atoms with Crippen molar-refractivity contribution in [2.24, 2.45) is 0 Å². The molecule has 0 aliphatic rings. The molecule has 0 saturated heterocycles. The highest BCUT2D eigenvalue weighted by Gasteiger charge is 2.22. The molecule has 0 aliphatic heterocycles. The number of nitrogens with one attached hydrogen (secondary N) is 1. The van der Waals surface area contributed by atoms with E-state index in [4.69, 9.17) is 0 Å². The molecule has 0 atom stereocenters. The lowest BCUT2D eigenvalue weighted by atomic mass is 10.3. The summed E-state index contributed by atoms with van der Waals surface area (Å²) in [6.07, 6.45) is 2.76. The number of nitrogens with zero attached hydrogens (tertiary/aromatic N) is 1. The van der Waals surface area contributed by atoms with E-state index >= 15 is 0 Å². The molecule has 0 amide bonds. The van der Waals surface area contributed by atoms with E-state index in [1.54, 1.807) is 13.8 Å². The average Bonchev–Trinajstić information content (AvgIpc) is 2.52. The monoisotopic (exact) mass is 362 g/mol. The predicted octanol–water partition coefficient (Wildman–Crippen LogP) is 2.19. The largest absolute Gasteiger partial charge is 0.243 e. The van der Waals surface area contributed by atoms with Gasteiger partial charge >= 0.3 is 0 Å². The summed E-state index contributed by atoms with van der Waals surface area (Å²) in [7, 11) is -7.16. The molecule has 0 heterocycles. The van der Waals surface area contributed by atoms with E-state index < -0.39 is 20.0 Å². The van der Waals surface area contributed by atoms with Gasteiger partial charge in [-0.25, -0.2) is 21.6 Å². The smallest absolute Gasteiger partial charge is 0.211 e. The quantitative estimate of drug-likeness (QED) is 0.647. The molecule has 6 nitrogen and oxygen atoms in total. The van der Waals surface area contributed by atoms with Crippen molar-refractivity contribution in [2.45, 2.75) is 49.8 Å². The Morgan fingerprint density at radius 2 is 1.39 bits per heavy atom. The average molecular weight is 363 g/mol. The molecule has 132 valence electrons. The van der Waals surface area contributed by atoms with Gasteiger partial charge in [0.1, 0.15) is 0 Å². The molecule has 0 fully saturated rings. The zero-order valence-electron chi connectivity index (χ0n) is 13.9. The second-order valence-corrected chi connectivity index (χ2v) is 8.87. The number of hydrogen-bond donors (Lipinski definition) is 1. The Balaban J connectivity index is 2.92. The van der Waals surface area contributed by atoms with E-state index in [0.29, 0.717) is 19.6 Å². The van der Waals surface area contributed by atoms with Crippen LogP contribution in [0.25, 0.3) is 0 Å². The fraction of sp³-hybridized carbons (Fsp3) is 0.600.